The van der Waals surface area contributed by atoms with Crippen LogP contribution in [-0.2, 0) is 14.8 Å². The highest BCUT2D eigenvalue weighted by atomic mass is 32.2. The summed E-state index contributed by atoms with van der Waals surface area (Å²) < 4.78 is 25.2. The van der Waals surface area contributed by atoms with E-state index in [1.807, 2.05) is 0 Å². The third-order valence-electron chi connectivity index (χ3n) is 2.74. The predicted octanol–water partition coefficient (Wildman–Crippen LogP) is -0.525. The van der Waals surface area contributed by atoms with Crippen molar-refractivity contribution in [1.29, 1.82) is 0 Å². The van der Waals surface area contributed by atoms with E-state index in [-0.39, 0.29) is 6.54 Å². The topological polar surface area (TPSA) is 86.7 Å². The van der Waals surface area contributed by atoms with Gasteiger partial charge >= 0.3 is 5.97 Å². The maximum absolute atomic E-state index is 11.4. The minimum absolute atomic E-state index is 0.278. The minimum Gasteiger partial charge on any atom is -0.480 e. The second-order valence-corrected chi connectivity index (χ2v) is 6.05. The summed E-state index contributed by atoms with van der Waals surface area (Å²) in [5.74, 6) is -1.33. The van der Waals surface area contributed by atoms with Gasteiger partial charge in [-0.1, -0.05) is 0 Å². The fourth-order valence-corrected chi connectivity index (χ4v) is 2.50. The zero-order valence-electron chi connectivity index (χ0n) is 9.35. The van der Waals surface area contributed by atoms with Crippen LogP contribution in [0.4, 0.5) is 0 Å². The number of nitrogens with one attached hydrogen (secondary N) is 1. The summed E-state index contributed by atoms with van der Waals surface area (Å²) in [5, 5.41) is 7.20. The molecule has 0 radical (unpaired) electrons. The minimum atomic E-state index is -3.73. The molecule has 0 bridgehead atoms. The summed E-state index contributed by atoms with van der Waals surface area (Å²) >= 11 is 0. The van der Waals surface area contributed by atoms with Crippen molar-refractivity contribution in [3.8, 4) is 0 Å². The molecule has 0 aromatic rings. The molecule has 0 saturated carbocycles. The molecule has 0 aliphatic carbocycles. The van der Waals surface area contributed by atoms with Crippen molar-refractivity contribution in [2.24, 2.45) is 0 Å². The average molecular weight is 250 g/mol. The van der Waals surface area contributed by atoms with Crippen molar-refractivity contribution in [3.05, 3.63) is 0 Å². The van der Waals surface area contributed by atoms with Gasteiger partial charge in [-0.05, 0) is 32.9 Å². The number of sulfonamides is 1. The van der Waals surface area contributed by atoms with Crippen LogP contribution in [0.5, 0.6) is 0 Å². The lowest BCUT2D eigenvalue weighted by Gasteiger charge is -2.15. The summed E-state index contributed by atoms with van der Waals surface area (Å²) in [7, 11) is -3.73. The molecule has 1 heterocycles. The van der Waals surface area contributed by atoms with Crippen LogP contribution in [0.2, 0.25) is 0 Å². The first-order valence-corrected chi connectivity index (χ1v) is 6.92. The highest BCUT2D eigenvalue weighted by Crippen LogP contribution is 2.06. The van der Waals surface area contributed by atoms with Crippen molar-refractivity contribution in [1.82, 2.24) is 9.62 Å². The molecule has 0 aromatic heterocycles. The molecule has 0 spiro atoms. The Labute approximate surface area is 95.7 Å². The molecule has 1 aliphatic heterocycles. The number of rotatable bonds is 6. The fraction of sp³-hybridized carbons (Fsp3) is 0.889. The normalized spacial score (nSPS) is 19.8. The van der Waals surface area contributed by atoms with Crippen LogP contribution in [-0.4, -0.2) is 55.8 Å². The number of carboxylic acid groups (broad SMARTS) is 1. The number of hydrogen-bond acceptors (Lipinski definition) is 4. The van der Waals surface area contributed by atoms with Gasteiger partial charge in [0.05, 0.1) is 0 Å². The molecule has 2 N–H and O–H groups in total. The van der Waals surface area contributed by atoms with Gasteiger partial charge in [-0.3, -0.25) is 4.79 Å². The van der Waals surface area contributed by atoms with Crippen molar-refractivity contribution >= 4 is 16.0 Å². The number of carbonyl (C=O) groups is 1. The second-order valence-electron chi connectivity index (χ2n) is 3.97. The Morgan fingerprint density at radius 3 is 2.50 bits per heavy atom. The molecular weight excluding hydrogens is 232 g/mol. The van der Waals surface area contributed by atoms with E-state index in [0.717, 1.165) is 25.9 Å². The SMILES string of the molecule is CC(C(=O)O)S(=O)(=O)NCCN1CCCC1. The largest absolute Gasteiger partial charge is 0.480 e. The van der Waals surface area contributed by atoms with Gasteiger partial charge in [-0.15, -0.1) is 0 Å². The Balaban J connectivity index is 2.33. The Kier molecular flexibility index (Phi) is 4.69. The molecule has 1 rings (SSSR count). The Bertz CT molecular complexity index is 335. The molecule has 1 unspecified atom stereocenters. The first kappa shape index (κ1) is 13.4. The first-order valence-electron chi connectivity index (χ1n) is 5.37. The second kappa shape index (κ2) is 5.60. The third kappa shape index (κ3) is 3.73. The molecule has 0 aromatic carbocycles. The number of nitrogens with zero attached hydrogens (tertiary/aromatic N) is 1. The van der Waals surface area contributed by atoms with Gasteiger partial charge in [0.15, 0.2) is 5.25 Å². The lowest BCUT2D eigenvalue weighted by Crippen LogP contribution is -2.40. The fourth-order valence-electron chi connectivity index (χ4n) is 1.61. The van der Waals surface area contributed by atoms with Gasteiger partial charge in [-0.25, -0.2) is 13.1 Å². The zero-order valence-corrected chi connectivity index (χ0v) is 10.2. The van der Waals surface area contributed by atoms with E-state index in [4.69, 9.17) is 5.11 Å². The molecule has 7 heteroatoms. The van der Waals surface area contributed by atoms with Crippen LogP contribution < -0.4 is 4.72 Å². The molecule has 16 heavy (non-hydrogen) atoms. The van der Waals surface area contributed by atoms with Gasteiger partial charge in [-0.2, -0.15) is 0 Å². The standard InChI is InChI=1S/C9H18N2O4S/c1-8(9(12)13)16(14,15)10-4-7-11-5-2-3-6-11/h8,10H,2-7H2,1H3,(H,12,13). The number of aliphatic carboxylic acids is 1. The van der Waals surface area contributed by atoms with E-state index in [2.05, 4.69) is 9.62 Å². The number of carboxylic acids is 1. The van der Waals surface area contributed by atoms with E-state index in [1.165, 1.54) is 6.92 Å². The Hall–Kier alpha value is -0.660. The highest BCUT2D eigenvalue weighted by Gasteiger charge is 2.27. The average Bonchev–Trinajstić information content (AvgIpc) is 2.69. The smallest absolute Gasteiger partial charge is 0.323 e. The van der Waals surface area contributed by atoms with Crippen LogP contribution in [0.3, 0.4) is 0 Å². The summed E-state index contributed by atoms with van der Waals surface area (Å²) in [4.78, 5) is 12.7. The van der Waals surface area contributed by atoms with Crippen molar-refractivity contribution in [3.63, 3.8) is 0 Å². The maximum Gasteiger partial charge on any atom is 0.323 e. The van der Waals surface area contributed by atoms with Crippen LogP contribution >= 0.6 is 0 Å². The molecule has 1 saturated heterocycles. The number of likely N-dealkylation sites (tertiary alicyclic amines) is 1. The molecule has 1 fully saturated rings. The van der Waals surface area contributed by atoms with Crippen LogP contribution in [0.25, 0.3) is 0 Å². The monoisotopic (exact) mass is 250 g/mol. The summed E-state index contributed by atoms with van der Waals surface area (Å²) in [6.07, 6.45) is 2.30. The molecule has 0 amide bonds. The van der Waals surface area contributed by atoms with Crippen LogP contribution in [0, 0.1) is 0 Å². The van der Waals surface area contributed by atoms with E-state index < -0.39 is 21.2 Å². The van der Waals surface area contributed by atoms with E-state index in [1.54, 1.807) is 0 Å². The Morgan fingerprint density at radius 1 is 1.44 bits per heavy atom. The highest BCUT2D eigenvalue weighted by molar-refractivity contribution is 7.90. The quantitative estimate of drug-likeness (QED) is 0.662. The first-order chi connectivity index (χ1) is 7.43. The molecule has 6 nitrogen and oxygen atoms in total. The van der Waals surface area contributed by atoms with Crippen LogP contribution in [0.15, 0.2) is 0 Å². The van der Waals surface area contributed by atoms with Crippen molar-refractivity contribution in [2.75, 3.05) is 26.2 Å². The van der Waals surface area contributed by atoms with Crippen molar-refractivity contribution in [2.45, 2.75) is 25.0 Å². The van der Waals surface area contributed by atoms with E-state index in [9.17, 15) is 13.2 Å². The summed E-state index contributed by atoms with van der Waals surface area (Å²) in [6, 6.07) is 0. The van der Waals surface area contributed by atoms with E-state index >= 15 is 0 Å². The molecular formula is C9H18N2O4S. The van der Waals surface area contributed by atoms with Gasteiger partial charge in [0.25, 0.3) is 0 Å². The predicted molar refractivity (Wildman–Crippen MR) is 59.7 cm³/mol. The molecule has 1 atom stereocenters. The Morgan fingerprint density at radius 2 is 2.00 bits per heavy atom. The van der Waals surface area contributed by atoms with Crippen LogP contribution in [0.1, 0.15) is 19.8 Å². The van der Waals surface area contributed by atoms with Gasteiger partial charge in [0, 0.05) is 13.1 Å². The maximum atomic E-state index is 11.4. The zero-order chi connectivity index (χ0) is 12.2. The third-order valence-corrected chi connectivity index (χ3v) is 4.48. The van der Waals surface area contributed by atoms with Crippen molar-refractivity contribution < 1.29 is 18.3 Å². The lowest BCUT2D eigenvalue weighted by molar-refractivity contribution is -0.136. The van der Waals surface area contributed by atoms with Gasteiger partial charge in [0.1, 0.15) is 0 Å². The van der Waals surface area contributed by atoms with Gasteiger partial charge < -0.3 is 10.0 Å². The summed E-state index contributed by atoms with van der Waals surface area (Å²) in [6.45, 7) is 4.08. The molecule has 94 valence electrons. The lowest BCUT2D eigenvalue weighted by atomic mass is 10.4. The van der Waals surface area contributed by atoms with E-state index in [0.29, 0.717) is 6.54 Å². The van der Waals surface area contributed by atoms with Gasteiger partial charge in [0.2, 0.25) is 10.0 Å². The molecule has 1 aliphatic rings. The number of hydrogen-bond donors (Lipinski definition) is 2. The summed E-state index contributed by atoms with van der Waals surface area (Å²) in [5.41, 5.74) is 0.